The zero-order chi connectivity index (χ0) is 22.9. The molecule has 0 aliphatic rings. The number of nitrogens with two attached hydrogens (primary N) is 1. The highest BCUT2D eigenvalue weighted by Gasteiger charge is 2.21. The second kappa shape index (κ2) is 8.40. The van der Waals surface area contributed by atoms with Crippen LogP contribution in [0.1, 0.15) is 0 Å². The molecule has 1 aromatic heterocycles. The maximum atomic E-state index is 14.2. The van der Waals surface area contributed by atoms with Crippen LogP contribution in [0.15, 0.2) is 65.6 Å². The smallest absolute Gasteiger partial charge is 0.238 e. The highest BCUT2D eigenvalue weighted by atomic mass is 32.2. The van der Waals surface area contributed by atoms with Crippen LogP contribution in [0.5, 0.6) is 11.5 Å². The summed E-state index contributed by atoms with van der Waals surface area (Å²) in [5, 5.41) is 8.50. The minimum Gasteiger partial charge on any atom is -0.497 e. The van der Waals surface area contributed by atoms with Crippen molar-refractivity contribution in [1.29, 1.82) is 0 Å². The number of fused-ring (bicyclic) bond motifs is 1. The van der Waals surface area contributed by atoms with Crippen molar-refractivity contribution in [2.24, 2.45) is 5.14 Å². The summed E-state index contributed by atoms with van der Waals surface area (Å²) in [6.45, 7) is 0. The fraction of sp³-hybridized carbons (Fsp3) is 0.0909. The molecule has 0 amide bonds. The number of nitrogens with one attached hydrogen (secondary N) is 1. The molecule has 0 unspecified atom stereocenters. The molecule has 0 atom stereocenters. The molecule has 8 nitrogen and oxygen atoms in total. The van der Waals surface area contributed by atoms with Gasteiger partial charge >= 0.3 is 0 Å². The highest BCUT2D eigenvalue weighted by Crippen LogP contribution is 2.35. The van der Waals surface area contributed by atoms with Crippen molar-refractivity contribution in [1.82, 2.24) is 9.97 Å². The first-order valence-corrected chi connectivity index (χ1v) is 10.9. The Morgan fingerprint density at radius 2 is 1.53 bits per heavy atom. The summed E-state index contributed by atoms with van der Waals surface area (Å²) >= 11 is 0. The van der Waals surface area contributed by atoms with Gasteiger partial charge in [0.1, 0.15) is 23.0 Å². The largest absolute Gasteiger partial charge is 0.497 e. The van der Waals surface area contributed by atoms with E-state index in [1.54, 1.807) is 42.5 Å². The van der Waals surface area contributed by atoms with E-state index in [0.717, 1.165) is 18.2 Å². The second-order valence-corrected chi connectivity index (χ2v) is 8.35. The zero-order valence-electron chi connectivity index (χ0n) is 17.2. The van der Waals surface area contributed by atoms with Crippen LogP contribution in [0.25, 0.3) is 22.3 Å². The summed E-state index contributed by atoms with van der Waals surface area (Å²) in [5.41, 5.74) is 1.71. The lowest BCUT2D eigenvalue weighted by atomic mass is 10.1. The molecular weight excluding hydrogens is 435 g/mol. The molecule has 4 rings (SSSR count). The first-order valence-electron chi connectivity index (χ1n) is 9.38. The molecule has 0 saturated heterocycles. The van der Waals surface area contributed by atoms with Gasteiger partial charge < -0.3 is 14.8 Å². The van der Waals surface area contributed by atoms with E-state index in [-0.39, 0.29) is 22.0 Å². The van der Waals surface area contributed by atoms with Gasteiger partial charge in [-0.15, -0.1) is 0 Å². The van der Waals surface area contributed by atoms with Crippen LogP contribution in [0.4, 0.5) is 15.9 Å². The third kappa shape index (κ3) is 4.32. The lowest BCUT2D eigenvalue weighted by molar-refractivity contribution is 0.395. The maximum Gasteiger partial charge on any atom is 0.238 e. The minimum absolute atomic E-state index is 0.0110. The van der Waals surface area contributed by atoms with Gasteiger partial charge in [0.15, 0.2) is 5.82 Å². The van der Waals surface area contributed by atoms with Gasteiger partial charge in [-0.05, 0) is 30.3 Å². The van der Waals surface area contributed by atoms with E-state index < -0.39 is 15.8 Å². The summed E-state index contributed by atoms with van der Waals surface area (Å²) in [6.07, 6.45) is 0. The number of ether oxygens (including phenoxy) is 2. The van der Waals surface area contributed by atoms with Crippen LogP contribution in [-0.2, 0) is 10.0 Å². The third-order valence-electron chi connectivity index (χ3n) is 4.69. The minimum atomic E-state index is -4.16. The first kappa shape index (κ1) is 21.5. The van der Waals surface area contributed by atoms with Gasteiger partial charge in [-0.25, -0.2) is 27.9 Å². The topological polar surface area (TPSA) is 116 Å². The Labute approximate surface area is 183 Å². The number of primary sulfonamides is 1. The van der Waals surface area contributed by atoms with Gasteiger partial charge in [0.25, 0.3) is 0 Å². The van der Waals surface area contributed by atoms with E-state index in [4.69, 9.17) is 14.6 Å². The summed E-state index contributed by atoms with van der Waals surface area (Å²) in [4.78, 5) is 8.90. The molecule has 0 saturated carbocycles. The van der Waals surface area contributed by atoms with Crippen LogP contribution in [0, 0.1) is 5.82 Å². The van der Waals surface area contributed by atoms with Crippen molar-refractivity contribution < 1.29 is 22.3 Å². The van der Waals surface area contributed by atoms with E-state index in [1.165, 1.54) is 14.2 Å². The standard InChI is InChI=1S/C22H19FN4O4S/c1-30-15-10-14(11-16(12-15)31-2)25-22-21(26-18-5-3-4-6-19(18)27-22)17-9-13(23)7-8-20(17)32(24,28)29/h3-12H,1-2H3,(H,25,27)(H2,24,28,29). The SMILES string of the molecule is COc1cc(Nc2nc3ccccc3nc2-c2cc(F)ccc2S(N)(=O)=O)cc(OC)c1. The number of anilines is 2. The second-order valence-electron chi connectivity index (χ2n) is 6.82. The van der Waals surface area contributed by atoms with Gasteiger partial charge in [-0.3, -0.25) is 0 Å². The zero-order valence-corrected chi connectivity index (χ0v) is 18.0. The normalized spacial score (nSPS) is 11.4. The van der Waals surface area contributed by atoms with Crippen molar-refractivity contribution in [2.45, 2.75) is 4.90 Å². The van der Waals surface area contributed by atoms with Gasteiger partial charge in [0.05, 0.1) is 30.1 Å². The van der Waals surface area contributed by atoms with Crippen LogP contribution in [0.2, 0.25) is 0 Å². The van der Waals surface area contributed by atoms with Crippen LogP contribution in [0.3, 0.4) is 0 Å². The fourth-order valence-electron chi connectivity index (χ4n) is 3.23. The quantitative estimate of drug-likeness (QED) is 0.455. The number of aromatic nitrogens is 2. The number of methoxy groups -OCH3 is 2. The average Bonchev–Trinajstić information content (AvgIpc) is 2.77. The molecule has 0 bridgehead atoms. The Morgan fingerprint density at radius 1 is 0.906 bits per heavy atom. The van der Waals surface area contributed by atoms with Crippen molar-refractivity contribution >= 4 is 32.6 Å². The van der Waals surface area contributed by atoms with Crippen molar-refractivity contribution in [2.75, 3.05) is 19.5 Å². The molecule has 0 aliphatic heterocycles. The molecule has 0 aliphatic carbocycles. The molecule has 3 N–H and O–H groups in total. The Hall–Kier alpha value is -3.76. The van der Waals surface area contributed by atoms with Crippen LogP contribution in [-0.4, -0.2) is 32.6 Å². The van der Waals surface area contributed by atoms with E-state index in [1.807, 2.05) is 0 Å². The number of halogens is 1. The van der Waals surface area contributed by atoms with Gasteiger partial charge in [-0.2, -0.15) is 0 Å². The van der Waals surface area contributed by atoms with E-state index in [0.29, 0.717) is 28.2 Å². The van der Waals surface area contributed by atoms with E-state index in [9.17, 15) is 12.8 Å². The molecule has 3 aromatic carbocycles. The molecular formula is C22H19FN4O4S. The molecule has 10 heteroatoms. The van der Waals surface area contributed by atoms with Crippen molar-refractivity contribution in [3.63, 3.8) is 0 Å². The number of sulfonamides is 1. The molecule has 4 aromatic rings. The summed E-state index contributed by atoms with van der Waals surface area (Å²) in [6, 6.07) is 15.4. The van der Waals surface area contributed by atoms with Crippen molar-refractivity contribution in [3.8, 4) is 22.8 Å². The Kier molecular flexibility index (Phi) is 5.64. The van der Waals surface area contributed by atoms with Crippen LogP contribution >= 0.6 is 0 Å². The number of hydrogen-bond acceptors (Lipinski definition) is 7. The Bertz CT molecular complexity index is 1400. The van der Waals surface area contributed by atoms with Crippen molar-refractivity contribution in [3.05, 3.63) is 66.5 Å². The third-order valence-corrected chi connectivity index (χ3v) is 5.66. The lowest BCUT2D eigenvalue weighted by Gasteiger charge is -2.15. The maximum absolute atomic E-state index is 14.2. The predicted octanol–water partition coefficient (Wildman–Crippen LogP) is 3.84. The number of rotatable bonds is 6. The molecule has 164 valence electrons. The molecule has 0 radical (unpaired) electrons. The van der Waals surface area contributed by atoms with Gasteiger partial charge in [-0.1, -0.05) is 12.1 Å². The monoisotopic (exact) mass is 454 g/mol. The molecule has 0 fully saturated rings. The first-order chi connectivity index (χ1) is 15.3. The number of nitrogens with zero attached hydrogens (tertiary/aromatic N) is 2. The molecule has 1 heterocycles. The average molecular weight is 454 g/mol. The highest BCUT2D eigenvalue weighted by molar-refractivity contribution is 7.89. The fourth-order valence-corrected chi connectivity index (χ4v) is 3.95. The van der Waals surface area contributed by atoms with Crippen LogP contribution < -0.4 is 19.9 Å². The van der Waals surface area contributed by atoms with E-state index >= 15 is 0 Å². The van der Waals surface area contributed by atoms with E-state index in [2.05, 4.69) is 15.3 Å². The number of para-hydroxylation sites is 2. The summed E-state index contributed by atoms with van der Waals surface area (Å²) in [7, 11) is -1.13. The number of benzene rings is 3. The Balaban J connectivity index is 1.97. The lowest BCUT2D eigenvalue weighted by Crippen LogP contribution is -2.14. The molecule has 0 spiro atoms. The Morgan fingerprint density at radius 3 is 2.12 bits per heavy atom. The summed E-state index contributed by atoms with van der Waals surface area (Å²) in [5.74, 6) is 0.613. The summed E-state index contributed by atoms with van der Waals surface area (Å²) < 4.78 is 49.1. The number of hydrogen-bond donors (Lipinski definition) is 2. The van der Waals surface area contributed by atoms with Gasteiger partial charge in [0, 0.05) is 29.4 Å². The molecule has 32 heavy (non-hydrogen) atoms. The predicted molar refractivity (Wildman–Crippen MR) is 119 cm³/mol. The van der Waals surface area contributed by atoms with Gasteiger partial charge in [0.2, 0.25) is 10.0 Å².